The van der Waals surface area contributed by atoms with Crippen LogP contribution >= 0.6 is 11.6 Å². The molecule has 3 nitrogen and oxygen atoms in total. The van der Waals surface area contributed by atoms with Crippen molar-refractivity contribution in [3.05, 3.63) is 52.8 Å². The second kappa shape index (κ2) is 14.5. The number of hydrogen-bond acceptors (Lipinski definition) is 3. The Morgan fingerprint density at radius 1 is 0.791 bits per heavy atom. The molecule has 1 saturated heterocycles. The van der Waals surface area contributed by atoms with Gasteiger partial charge < -0.3 is 14.2 Å². The van der Waals surface area contributed by atoms with Gasteiger partial charge in [0.05, 0.1) is 19.1 Å². The molecule has 2 aromatic rings. The second-order valence-electron chi connectivity index (χ2n) is 12.7. The van der Waals surface area contributed by atoms with Gasteiger partial charge in [0.25, 0.3) is 0 Å². The molecular weight excluding hydrogens is 587 g/mol. The molecule has 0 amide bonds. The number of alkyl halides is 2. The van der Waals surface area contributed by atoms with Crippen LogP contribution in [-0.2, 0) is 9.47 Å². The summed E-state index contributed by atoms with van der Waals surface area (Å²) in [5.74, 6) is -2.45. The summed E-state index contributed by atoms with van der Waals surface area (Å²) in [5.41, 5.74) is -0.257. The first-order valence-corrected chi connectivity index (χ1v) is 16.3. The van der Waals surface area contributed by atoms with Crippen LogP contribution in [0.4, 0.5) is 22.0 Å². The van der Waals surface area contributed by atoms with Crippen molar-refractivity contribution in [3.8, 4) is 16.9 Å². The van der Waals surface area contributed by atoms with Gasteiger partial charge in [0.1, 0.15) is 28.2 Å². The van der Waals surface area contributed by atoms with E-state index in [4.69, 9.17) is 25.8 Å². The van der Waals surface area contributed by atoms with Gasteiger partial charge in [-0.15, -0.1) is 0 Å². The van der Waals surface area contributed by atoms with Crippen LogP contribution in [0.2, 0.25) is 5.02 Å². The summed E-state index contributed by atoms with van der Waals surface area (Å²) >= 11 is 5.49. The zero-order valence-electron chi connectivity index (χ0n) is 24.7. The highest BCUT2D eigenvalue weighted by Gasteiger charge is 2.46. The smallest absolute Gasteiger partial charge is 0.400 e. The first-order chi connectivity index (χ1) is 20.6. The molecule has 0 aromatic heterocycles. The first kappa shape index (κ1) is 32.5. The fraction of sp³-hybridized carbons (Fsp3) is 0.647. The highest BCUT2D eigenvalue weighted by Crippen LogP contribution is 2.44. The third-order valence-electron chi connectivity index (χ3n) is 9.84. The fourth-order valence-corrected chi connectivity index (χ4v) is 7.29. The molecule has 3 fully saturated rings. The summed E-state index contributed by atoms with van der Waals surface area (Å²) in [6.07, 6.45) is 8.02. The Hall–Kier alpha value is -1.90. The van der Waals surface area contributed by atoms with Crippen LogP contribution in [-0.4, -0.2) is 25.6 Å². The van der Waals surface area contributed by atoms with Crippen molar-refractivity contribution in [1.82, 2.24) is 0 Å². The molecule has 1 heterocycles. The van der Waals surface area contributed by atoms with Crippen LogP contribution in [0.5, 0.6) is 5.75 Å². The maximum absolute atomic E-state index is 15.1. The molecule has 2 saturated carbocycles. The number of rotatable bonds is 10. The van der Waals surface area contributed by atoms with E-state index >= 15 is 8.78 Å². The lowest BCUT2D eigenvalue weighted by molar-refractivity contribution is -0.251. The zero-order chi connectivity index (χ0) is 30.6. The van der Waals surface area contributed by atoms with Crippen molar-refractivity contribution >= 4 is 11.6 Å². The standard InChI is InChI=1S/C34H42ClF5O3/c1-2-3-4-5-21-6-8-22(9-7-21)25-19-41-33(42-20-25)23-10-12-26(13-11-23)34(39,40)43-27-14-15-28(29(36)18-27)24-16-30(37)32(35)31(38)17-24/h14-18,21-23,25-26,33H,2-13,19-20H2,1H3. The monoisotopic (exact) mass is 628 g/mol. The third-order valence-corrected chi connectivity index (χ3v) is 10.2. The van der Waals surface area contributed by atoms with Gasteiger partial charge in [-0.2, -0.15) is 8.78 Å². The summed E-state index contributed by atoms with van der Waals surface area (Å²) in [4.78, 5) is 0. The van der Waals surface area contributed by atoms with E-state index in [2.05, 4.69) is 6.92 Å². The quantitative estimate of drug-likeness (QED) is 0.149. The van der Waals surface area contributed by atoms with Crippen LogP contribution in [0.1, 0.15) is 84.0 Å². The minimum Gasteiger partial charge on any atom is -0.432 e. The van der Waals surface area contributed by atoms with E-state index in [1.54, 1.807) is 0 Å². The van der Waals surface area contributed by atoms with E-state index in [-0.39, 0.29) is 41.9 Å². The molecule has 0 unspecified atom stereocenters. The molecule has 5 rings (SSSR count). The van der Waals surface area contributed by atoms with Gasteiger partial charge >= 0.3 is 6.11 Å². The van der Waals surface area contributed by atoms with E-state index in [1.165, 1.54) is 57.4 Å². The Bertz CT molecular complexity index is 1180. The van der Waals surface area contributed by atoms with E-state index < -0.39 is 34.5 Å². The van der Waals surface area contributed by atoms with Gasteiger partial charge in [-0.25, -0.2) is 13.2 Å². The summed E-state index contributed by atoms with van der Waals surface area (Å²) in [5, 5.41) is -0.699. The lowest BCUT2D eigenvalue weighted by Gasteiger charge is -2.41. The molecule has 2 aromatic carbocycles. The van der Waals surface area contributed by atoms with Crippen LogP contribution in [0.3, 0.4) is 0 Å². The van der Waals surface area contributed by atoms with Gasteiger partial charge in [0, 0.05) is 23.5 Å². The maximum atomic E-state index is 15.1. The molecule has 2 aliphatic carbocycles. The minimum absolute atomic E-state index is 0.0548. The molecule has 43 heavy (non-hydrogen) atoms. The third kappa shape index (κ3) is 8.04. The molecule has 0 N–H and O–H groups in total. The van der Waals surface area contributed by atoms with Crippen LogP contribution < -0.4 is 4.74 Å². The Morgan fingerprint density at radius 2 is 1.42 bits per heavy atom. The molecule has 0 bridgehead atoms. The van der Waals surface area contributed by atoms with Crippen molar-refractivity contribution in [1.29, 1.82) is 0 Å². The Balaban J connectivity index is 1.07. The summed E-state index contributed by atoms with van der Waals surface area (Å²) in [6.45, 7) is 3.59. The molecule has 3 aliphatic rings. The van der Waals surface area contributed by atoms with Crippen molar-refractivity contribution < 1.29 is 36.2 Å². The number of halogens is 6. The topological polar surface area (TPSA) is 27.7 Å². The molecule has 0 radical (unpaired) electrons. The second-order valence-corrected chi connectivity index (χ2v) is 13.1. The number of unbranched alkanes of at least 4 members (excludes halogenated alkanes) is 2. The van der Waals surface area contributed by atoms with E-state index in [0.717, 1.165) is 30.2 Å². The fourth-order valence-electron chi connectivity index (χ4n) is 7.18. The van der Waals surface area contributed by atoms with Crippen molar-refractivity contribution in [2.24, 2.45) is 29.6 Å². The molecule has 0 atom stereocenters. The highest BCUT2D eigenvalue weighted by molar-refractivity contribution is 6.31. The first-order valence-electron chi connectivity index (χ1n) is 15.9. The van der Waals surface area contributed by atoms with Crippen molar-refractivity contribution in [3.63, 3.8) is 0 Å². The summed E-state index contributed by atoms with van der Waals surface area (Å²) in [7, 11) is 0. The van der Waals surface area contributed by atoms with E-state index in [9.17, 15) is 13.2 Å². The normalized spacial score (nSPS) is 28.5. The molecule has 0 spiro atoms. The Morgan fingerprint density at radius 3 is 2.02 bits per heavy atom. The molecule has 1 aliphatic heterocycles. The molecule has 238 valence electrons. The van der Waals surface area contributed by atoms with Gasteiger partial charge in [0.2, 0.25) is 0 Å². The maximum Gasteiger partial charge on any atom is 0.400 e. The van der Waals surface area contributed by atoms with Gasteiger partial charge in [-0.1, -0.05) is 57.0 Å². The summed E-state index contributed by atoms with van der Waals surface area (Å²) in [6, 6.07) is 4.90. The predicted molar refractivity (Wildman–Crippen MR) is 157 cm³/mol. The summed E-state index contributed by atoms with van der Waals surface area (Å²) < 4.78 is 89.9. The van der Waals surface area contributed by atoms with E-state index in [1.807, 2.05) is 0 Å². The molecular formula is C34H42ClF5O3. The lowest BCUT2D eigenvalue weighted by Crippen LogP contribution is -2.43. The average Bonchev–Trinajstić information content (AvgIpc) is 3.00. The largest absolute Gasteiger partial charge is 0.432 e. The SMILES string of the molecule is CCCCCC1CCC(C2COC(C3CCC(C(F)(F)Oc4ccc(-c5cc(F)c(Cl)c(F)c5)c(F)c4)CC3)OC2)CC1. The van der Waals surface area contributed by atoms with Crippen LogP contribution in [0.15, 0.2) is 30.3 Å². The number of hydrogen-bond donors (Lipinski definition) is 0. The van der Waals surface area contributed by atoms with Gasteiger partial charge in [-0.05, 0) is 80.2 Å². The highest BCUT2D eigenvalue weighted by atomic mass is 35.5. The molecule has 9 heteroatoms. The van der Waals surface area contributed by atoms with Crippen molar-refractivity contribution in [2.45, 2.75) is 96.4 Å². The number of benzene rings is 2. The van der Waals surface area contributed by atoms with Crippen LogP contribution in [0, 0.1) is 47.0 Å². The lowest BCUT2D eigenvalue weighted by atomic mass is 9.74. The predicted octanol–water partition coefficient (Wildman–Crippen LogP) is 10.6. The van der Waals surface area contributed by atoms with Crippen LogP contribution in [0.25, 0.3) is 11.1 Å². The average molecular weight is 629 g/mol. The van der Waals surface area contributed by atoms with E-state index in [0.29, 0.717) is 37.9 Å². The zero-order valence-corrected chi connectivity index (χ0v) is 25.5. The number of ether oxygens (including phenoxy) is 3. The van der Waals surface area contributed by atoms with Crippen molar-refractivity contribution in [2.75, 3.05) is 13.2 Å². The van der Waals surface area contributed by atoms with Gasteiger partial charge in [0.15, 0.2) is 6.29 Å². The minimum atomic E-state index is -3.51. The van der Waals surface area contributed by atoms with Gasteiger partial charge in [-0.3, -0.25) is 0 Å². The Labute approximate surface area is 256 Å². The Kier molecular flexibility index (Phi) is 10.9.